The van der Waals surface area contributed by atoms with Crippen LogP contribution < -0.4 is 0 Å². The van der Waals surface area contributed by atoms with E-state index in [1.165, 1.54) is 0 Å². The van der Waals surface area contributed by atoms with E-state index in [0.29, 0.717) is 18.5 Å². The molecule has 0 aliphatic heterocycles. The first-order chi connectivity index (χ1) is 8.49. The molecule has 5 nitrogen and oxygen atoms in total. The van der Waals surface area contributed by atoms with Crippen LogP contribution in [-0.4, -0.2) is 53.3 Å². The number of hydrogen-bond donors (Lipinski definition) is 1. The first kappa shape index (κ1) is 17.9. The van der Waals surface area contributed by atoms with Gasteiger partial charge in [0.2, 0.25) is 0 Å². The molecule has 0 unspecified atom stereocenters. The Hall–Kier alpha value is -0.140. The summed E-state index contributed by atoms with van der Waals surface area (Å²) in [6.45, 7) is 8.95. The molecule has 1 N–H and O–H groups in total. The minimum atomic E-state index is -0.365. The number of rotatable bonds is 10. The molecular formula is C12H25NO4S. The van der Waals surface area contributed by atoms with Gasteiger partial charge in [0, 0.05) is 25.0 Å². The largest absolute Gasteiger partial charge is 0.371 e. The Morgan fingerprint density at radius 1 is 1.22 bits per heavy atom. The van der Waals surface area contributed by atoms with Crippen molar-refractivity contribution in [1.29, 1.82) is 0 Å². The summed E-state index contributed by atoms with van der Waals surface area (Å²) in [4.78, 5) is 13.9. The number of carbonyl (C=O) groups is 1. The zero-order valence-corrected chi connectivity index (χ0v) is 12.5. The summed E-state index contributed by atoms with van der Waals surface area (Å²) in [5, 5.41) is 8.46. The minimum absolute atomic E-state index is 0.0148. The third-order valence-corrected chi connectivity index (χ3v) is 3.27. The maximum atomic E-state index is 11.6. The second kappa shape index (κ2) is 10.8. The molecule has 0 aromatic rings. The Morgan fingerprint density at radius 2 is 1.83 bits per heavy atom. The number of aliphatic hydroxyl groups excluding tert-OH is 1. The first-order valence-electron chi connectivity index (χ1n) is 6.16. The van der Waals surface area contributed by atoms with Crippen LogP contribution in [-0.2, 0) is 14.3 Å². The molecule has 0 aliphatic rings. The van der Waals surface area contributed by atoms with Crippen LogP contribution in [0, 0.1) is 0 Å². The molecule has 0 aliphatic carbocycles. The second-order valence-corrected chi connectivity index (χ2v) is 5.44. The molecule has 0 aromatic carbocycles. The van der Waals surface area contributed by atoms with Gasteiger partial charge in [-0.2, -0.15) is 0 Å². The lowest BCUT2D eigenvalue weighted by Crippen LogP contribution is -2.38. The van der Waals surface area contributed by atoms with Crippen LogP contribution in [0.2, 0.25) is 0 Å². The summed E-state index contributed by atoms with van der Waals surface area (Å²) in [5.74, 6) is 0.266. The van der Waals surface area contributed by atoms with Crippen molar-refractivity contribution in [3.05, 3.63) is 0 Å². The molecule has 0 fully saturated rings. The van der Waals surface area contributed by atoms with Crippen molar-refractivity contribution in [2.24, 2.45) is 0 Å². The normalized spacial score (nSPS) is 11.8. The molecule has 18 heavy (non-hydrogen) atoms. The van der Waals surface area contributed by atoms with Gasteiger partial charge in [-0.15, -0.1) is 0 Å². The molecule has 0 atom stereocenters. The van der Waals surface area contributed by atoms with E-state index in [1.54, 1.807) is 0 Å². The molecule has 0 saturated heterocycles. The van der Waals surface area contributed by atoms with E-state index < -0.39 is 0 Å². The summed E-state index contributed by atoms with van der Waals surface area (Å²) >= 11 is 1.14. The summed E-state index contributed by atoms with van der Waals surface area (Å²) in [6.07, 6.45) is 0.519. The fourth-order valence-electron chi connectivity index (χ4n) is 1.64. The van der Waals surface area contributed by atoms with Gasteiger partial charge in [0.1, 0.15) is 12.7 Å². The molecule has 0 heterocycles. The third kappa shape index (κ3) is 8.88. The SMILES string of the molecule is CC(C)N(CCC(=O)SCOCOCO)C(C)C. The van der Waals surface area contributed by atoms with E-state index in [9.17, 15) is 4.79 Å². The van der Waals surface area contributed by atoms with Crippen LogP contribution in [0.15, 0.2) is 0 Å². The third-order valence-electron chi connectivity index (χ3n) is 2.46. The van der Waals surface area contributed by atoms with Gasteiger partial charge >= 0.3 is 0 Å². The standard InChI is InChI=1S/C12H25NO4S/c1-10(2)13(11(3)4)6-5-12(15)18-9-17-8-16-7-14/h10-11,14H,5-9H2,1-4H3. The van der Waals surface area contributed by atoms with Gasteiger partial charge in [-0.1, -0.05) is 11.8 Å². The summed E-state index contributed by atoms with van der Waals surface area (Å²) in [7, 11) is 0. The van der Waals surface area contributed by atoms with Crippen molar-refractivity contribution in [1.82, 2.24) is 4.90 Å². The van der Waals surface area contributed by atoms with Crippen LogP contribution in [0.25, 0.3) is 0 Å². The summed E-state index contributed by atoms with van der Waals surface area (Å²) < 4.78 is 9.57. The maximum Gasteiger partial charge on any atom is 0.192 e. The predicted octanol–water partition coefficient (Wildman–Crippen LogP) is 1.65. The second-order valence-electron chi connectivity index (χ2n) is 4.46. The van der Waals surface area contributed by atoms with E-state index in [-0.39, 0.29) is 24.6 Å². The quantitative estimate of drug-likeness (QED) is 0.485. The first-order valence-corrected chi connectivity index (χ1v) is 7.15. The van der Waals surface area contributed by atoms with Crippen molar-refractivity contribution in [3.63, 3.8) is 0 Å². The van der Waals surface area contributed by atoms with Gasteiger partial charge in [0.25, 0.3) is 0 Å². The van der Waals surface area contributed by atoms with Gasteiger partial charge in [0.05, 0.1) is 0 Å². The predicted molar refractivity (Wildman–Crippen MR) is 73.2 cm³/mol. The highest BCUT2D eigenvalue weighted by molar-refractivity contribution is 8.13. The van der Waals surface area contributed by atoms with Crippen molar-refractivity contribution < 1.29 is 19.4 Å². The molecule has 0 amide bonds. The van der Waals surface area contributed by atoms with Crippen LogP contribution >= 0.6 is 11.8 Å². The summed E-state index contributed by atoms with van der Waals surface area (Å²) in [5.41, 5.74) is 0. The lowest BCUT2D eigenvalue weighted by Gasteiger charge is -2.30. The van der Waals surface area contributed by atoms with Crippen molar-refractivity contribution in [2.45, 2.75) is 46.2 Å². The maximum absolute atomic E-state index is 11.6. The number of carbonyl (C=O) groups excluding carboxylic acids is 1. The monoisotopic (exact) mass is 279 g/mol. The average molecular weight is 279 g/mol. The zero-order chi connectivity index (χ0) is 14.0. The topological polar surface area (TPSA) is 59.0 Å². The van der Waals surface area contributed by atoms with Crippen molar-refractivity contribution in [3.8, 4) is 0 Å². The van der Waals surface area contributed by atoms with E-state index in [4.69, 9.17) is 9.84 Å². The molecule has 0 radical (unpaired) electrons. The van der Waals surface area contributed by atoms with Crippen molar-refractivity contribution >= 4 is 16.9 Å². The van der Waals surface area contributed by atoms with Gasteiger partial charge in [0.15, 0.2) is 11.9 Å². The summed E-state index contributed by atoms with van der Waals surface area (Å²) in [6, 6.07) is 0.883. The fraction of sp³-hybridized carbons (Fsp3) is 0.917. The zero-order valence-electron chi connectivity index (χ0n) is 11.7. The highest BCUT2D eigenvalue weighted by atomic mass is 32.2. The van der Waals surface area contributed by atoms with Gasteiger partial charge in [-0.25, -0.2) is 0 Å². The molecular weight excluding hydrogens is 254 g/mol. The van der Waals surface area contributed by atoms with E-state index in [2.05, 4.69) is 37.3 Å². The molecule has 6 heteroatoms. The van der Waals surface area contributed by atoms with Gasteiger partial charge in [-0.3, -0.25) is 9.69 Å². The molecule has 108 valence electrons. The van der Waals surface area contributed by atoms with E-state index in [0.717, 1.165) is 18.3 Å². The van der Waals surface area contributed by atoms with Crippen LogP contribution in [0.1, 0.15) is 34.1 Å². The molecule has 0 spiro atoms. The van der Waals surface area contributed by atoms with Crippen molar-refractivity contribution in [2.75, 3.05) is 26.1 Å². The van der Waals surface area contributed by atoms with Crippen LogP contribution in [0.5, 0.6) is 0 Å². The highest BCUT2D eigenvalue weighted by Gasteiger charge is 2.14. The Morgan fingerprint density at radius 3 is 2.33 bits per heavy atom. The van der Waals surface area contributed by atoms with Crippen LogP contribution in [0.3, 0.4) is 0 Å². The highest BCUT2D eigenvalue weighted by Crippen LogP contribution is 2.10. The smallest absolute Gasteiger partial charge is 0.192 e. The number of hydrogen-bond acceptors (Lipinski definition) is 6. The Kier molecular flexibility index (Phi) is 10.7. The Bertz CT molecular complexity index is 216. The fourth-order valence-corrected chi connectivity index (χ4v) is 2.16. The number of thioether (sulfide) groups is 1. The van der Waals surface area contributed by atoms with Crippen LogP contribution in [0.4, 0.5) is 0 Å². The Balaban J connectivity index is 3.68. The molecule has 0 aromatic heterocycles. The van der Waals surface area contributed by atoms with E-state index >= 15 is 0 Å². The lowest BCUT2D eigenvalue weighted by molar-refractivity contribution is -0.112. The number of aliphatic hydroxyl groups is 1. The molecule has 0 saturated carbocycles. The molecule has 0 bridgehead atoms. The number of ether oxygens (including phenoxy) is 2. The molecule has 0 rings (SSSR count). The lowest BCUT2D eigenvalue weighted by atomic mass is 10.2. The minimum Gasteiger partial charge on any atom is -0.371 e. The average Bonchev–Trinajstić information content (AvgIpc) is 2.28. The van der Waals surface area contributed by atoms with Gasteiger partial charge in [-0.05, 0) is 27.7 Å². The van der Waals surface area contributed by atoms with E-state index in [1.807, 2.05) is 0 Å². The van der Waals surface area contributed by atoms with Gasteiger partial charge < -0.3 is 14.6 Å². The number of nitrogens with zero attached hydrogens (tertiary/aromatic N) is 1. The Labute approximate surface area is 114 Å².